The zero-order valence-corrected chi connectivity index (χ0v) is 9.28. The third-order valence-corrected chi connectivity index (χ3v) is 4.49. The summed E-state index contributed by atoms with van der Waals surface area (Å²) < 4.78 is 22.5. The summed E-state index contributed by atoms with van der Waals surface area (Å²) in [5.41, 5.74) is -0.159. The summed E-state index contributed by atoms with van der Waals surface area (Å²) in [6.07, 6.45) is 3.03. The highest BCUT2D eigenvalue weighted by Gasteiger charge is 2.37. The quantitative estimate of drug-likeness (QED) is 0.695. The molecule has 3 nitrogen and oxygen atoms in total. The minimum absolute atomic E-state index is 0.159. The van der Waals surface area contributed by atoms with Crippen molar-refractivity contribution in [1.29, 1.82) is 0 Å². The van der Waals surface area contributed by atoms with Gasteiger partial charge in [0, 0.05) is 5.54 Å². The summed E-state index contributed by atoms with van der Waals surface area (Å²) in [6.45, 7) is 5.07. The molecule has 0 aliphatic carbocycles. The zero-order valence-electron chi connectivity index (χ0n) is 8.47. The molecule has 0 aromatic rings. The maximum Gasteiger partial charge on any atom is 0.152 e. The van der Waals surface area contributed by atoms with Gasteiger partial charge in [-0.05, 0) is 26.3 Å². The van der Waals surface area contributed by atoms with E-state index >= 15 is 0 Å². The first-order valence-corrected chi connectivity index (χ1v) is 6.75. The largest absolute Gasteiger partial charge is 0.310 e. The molecule has 1 fully saturated rings. The molecule has 1 aliphatic heterocycles. The summed E-state index contributed by atoms with van der Waals surface area (Å²) in [5.74, 6) is 0.659. The fraction of sp³-hybridized carbons (Fsp3) is 1.00. The lowest BCUT2D eigenvalue weighted by molar-refractivity contribution is 0.394. The summed E-state index contributed by atoms with van der Waals surface area (Å²) in [5, 5.41) is 3.34. The van der Waals surface area contributed by atoms with E-state index in [1.807, 2.05) is 6.92 Å². The normalized spacial score (nSPS) is 32.2. The van der Waals surface area contributed by atoms with Gasteiger partial charge in [-0.1, -0.05) is 13.3 Å². The molecule has 0 bridgehead atoms. The monoisotopic (exact) mass is 205 g/mol. The highest BCUT2D eigenvalue weighted by atomic mass is 32.2. The van der Waals surface area contributed by atoms with Crippen molar-refractivity contribution in [2.45, 2.75) is 38.6 Å². The highest BCUT2D eigenvalue weighted by Crippen LogP contribution is 2.22. The molecule has 13 heavy (non-hydrogen) atoms. The standard InChI is InChI=1S/C9H19NO2S/c1-3-4-6-10-9(2)5-7-13(11,12)8-9/h10H,3-8H2,1-2H3. The van der Waals surface area contributed by atoms with Crippen LogP contribution in [0.3, 0.4) is 0 Å². The Hall–Kier alpha value is -0.0900. The van der Waals surface area contributed by atoms with Crippen LogP contribution in [-0.2, 0) is 9.84 Å². The van der Waals surface area contributed by atoms with Crippen molar-refractivity contribution in [2.75, 3.05) is 18.1 Å². The van der Waals surface area contributed by atoms with Crippen LogP contribution >= 0.6 is 0 Å². The van der Waals surface area contributed by atoms with E-state index in [9.17, 15) is 8.42 Å². The van der Waals surface area contributed by atoms with E-state index in [-0.39, 0.29) is 5.54 Å². The first kappa shape index (κ1) is 11.0. The van der Waals surface area contributed by atoms with Crippen molar-refractivity contribution in [3.05, 3.63) is 0 Å². The number of hydrogen-bond donors (Lipinski definition) is 1. The molecule has 1 heterocycles. The van der Waals surface area contributed by atoms with E-state index in [1.165, 1.54) is 0 Å². The number of rotatable bonds is 4. The predicted molar refractivity (Wildman–Crippen MR) is 54.6 cm³/mol. The molecule has 1 rings (SSSR count). The summed E-state index contributed by atoms with van der Waals surface area (Å²) in [6, 6.07) is 0. The summed E-state index contributed by atoms with van der Waals surface area (Å²) >= 11 is 0. The Balaban J connectivity index is 2.41. The molecule has 78 valence electrons. The number of hydrogen-bond acceptors (Lipinski definition) is 3. The van der Waals surface area contributed by atoms with Gasteiger partial charge in [-0.3, -0.25) is 0 Å². The number of unbranched alkanes of at least 4 members (excludes halogenated alkanes) is 1. The van der Waals surface area contributed by atoms with Gasteiger partial charge in [0.2, 0.25) is 0 Å². The Morgan fingerprint density at radius 3 is 2.62 bits per heavy atom. The zero-order chi connectivity index (χ0) is 9.95. The third-order valence-electron chi connectivity index (χ3n) is 2.59. The molecule has 1 saturated heterocycles. The second kappa shape index (κ2) is 3.96. The van der Waals surface area contributed by atoms with Crippen molar-refractivity contribution in [2.24, 2.45) is 0 Å². The Kier molecular flexibility index (Phi) is 3.35. The van der Waals surface area contributed by atoms with Crippen LogP contribution in [0.5, 0.6) is 0 Å². The Bertz CT molecular complexity index is 261. The number of sulfone groups is 1. The van der Waals surface area contributed by atoms with Crippen molar-refractivity contribution in [3.8, 4) is 0 Å². The Morgan fingerprint density at radius 1 is 1.46 bits per heavy atom. The van der Waals surface area contributed by atoms with Crippen LogP contribution in [0.15, 0.2) is 0 Å². The van der Waals surface area contributed by atoms with Crippen molar-refractivity contribution in [1.82, 2.24) is 5.32 Å². The molecule has 0 aromatic carbocycles. The molecule has 1 aliphatic rings. The average molecular weight is 205 g/mol. The van der Waals surface area contributed by atoms with E-state index in [0.29, 0.717) is 11.5 Å². The van der Waals surface area contributed by atoms with Gasteiger partial charge in [0.15, 0.2) is 9.84 Å². The predicted octanol–water partition coefficient (Wildman–Crippen LogP) is 0.953. The minimum Gasteiger partial charge on any atom is -0.310 e. The van der Waals surface area contributed by atoms with Crippen LogP contribution in [0.25, 0.3) is 0 Å². The summed E-state index contributed by atoms with van der Waals surface area (Å²) in [7, 11) is -2.75. The van der Waals surface area contributed by atoms with E-state index in [0.717, 1.165) is 25.8 Å². The molecule has 0 spiro atoms. The maximum absolute atomic E-state index is 11.2. The Morgan fingerprint density at radius 2 is 2.15 bits per heavy atom. The molecule has 4 heteroatoms. The smallest absolute Gasteiger partial charge is 0.152 e. The second-order valence-corrected chi connectivity index (χ2v) is 6.37. The maximum atomic E-state index is 11.2. The molecular formula is C9H19NO2S. The average Bonchev–Trinajstić information content (AvgIpc) is 2.27. The molecule has 0 aromatic heterocycles. The fourth-order valence-electron chi connectivity index (χ4n) is 1.72. The van der Waals surface area contributed by atoms with Crippen LogP contribution < -0.4 is 5.32 Å². The lowest BCUT2D eigenvalue weighted by atomic mass is 10.0. The second-order valence-electron chi connectivity index (χ2n) is 4.18. The van der Waals surface area contributed by atoms with Gasteiger partial charge < -0.3 is 5.32 Å². The van der Waals surface area contributed by atoms with E-state index < -0.39 is 9.84 Å². The van der Waals surface area contributed by atoms with Gasteiger partial charge in [0.25, 0.3) is 0 Å². The van der Waals surface area contributed by atoms with Crippen molar-refractivity contribution < 1.29 is 8.42 Å². The first-order valence-electron chi connectivity index (χ1n) is 4.93. The fourth-order valence-corrected chi connectivity index (χ4v) is 3.84. The van der Waals surface area contributed by atoms with Gasteiger partial charge >= 0.3 is 0 Å². The van der Waals surface area contributed by atoms with Gasteiger partial charge in [0.1, 0.15) is 0 Å². The van der Waals surface area contributed by atoms with Gasteiger partial charge in [-0.25, -0.2) is 8.42 Å². The summed E-state index contributed by atoms with van der Waals surface area (Å²) in [4.78, 5) is 0. The van der Waals surface area contributed by atoms with Crippen LogP contribution in [0.1, 0.15) is 33.1 Å². The topological polar surface area (TPSA) is 46.2 Å². The van der Waals surface area contributed by atoms with Crippen molar-refractivity contribution in [3.63, 3.8) is 0 Å². The lowest BCUT2D eigenvalue weighted by Crippen LogP contribution is -2.43. The van der Waals surface area contributed by atoms with Gasteiger partial charge in [-0.2, -0.15) is 0 Å². The molecule has 1 unspecified atom stereocenters. The SMILES string of the molecule is CCCCNC1(C)CCS(=O)(=O)C1. The van der Waals surface area contributed by atoms with E-state index in [1.54, 1.807) is 0 Å². The van der Waals surface area contributed by atoms with Gasteiger partial charge in [0.05, 0.1) is 11.5 Å². The van der Waals surface area contributed by atoms with Crippen molar-refractivity contribution >= 4 is 9.84 Å². The number of nitrogens with one attached hydrogen (secondary N) is 1. The van der Waals surface area contributed by atoms with E-state index in [4.69, 9.17) is 0 Å². The highest BCUT2D eigenvalue weighted by molar-refractivity contribution is 7.91. The minimum atomic E-state index is -2.75. The van der Waals surface area contributed by atoms with Crippen LogP contribution in [-0.4, -0.2) is 32.0 Å². The van der Waals surface area contributed by atoms with Crippen LogP contribution in [0.4, 0.5) is 0 Å². The van der Waals surface area contributed by atoms with E-state index in [2.05, 4.69) is 12.2 Å². The Labute approximate surface area is 80.8 Å². The molecule has 0 saturated carbocycles. The first-order chi connectivity index (χ1) is 5.97. The molecule has 0 radical (unpaired) electrons. The van der Waals surface area contributed by atoms with Gasteiger partial charge in [-0.15, -0.1) is 0 Å². The molecular weight excluding hydrogens is 186 g/mol. The molecule has 1 atom stereocenters. The van der Waals surface area contributed by atoms with Crippen LogP contribution in [0, 0.1) is 0 Å². The molecule has 0 amide bonds. The lowest BCUT2D eigenvalue weighted by Gasteiger charge is -2.23. The third kappa shape index (κ3) is 3.27. The molecule has 1 N–H and O–H groups in total. The van der Waals surface area contributed by atoms with Crippen LogP contribution in [0.2, 0.25) is 0 Å².